The Morgan fingerprint density at radius 3 is 3.07 bits per heavy atom. The summed E-state index contributed by atoms with van der Waals surface area (Å²) in [7, 11) is 1.89. The third-order valence-corrected chi connectivity index (χ3v) is 2.96. The number of aliphatic carboxylic acids is 1. The second-order valence-corrected chi connectivity index (χ2v) is 4.10. The molecule has 0 saturated heterocycles. The molecule has 14 heavy (non-hydrogen) atoms. The highest BCUT2D eigenvalue weighted by Gasteiger charge is 2.11. The monoisotopic (exact) mass is 214 g/mol. The second kappa shape index (κ2) is 5.07. The molecule has 1 heterocycles. The number of hydrogen-bond acceptors (Lipinski definition) is 4. The van der Waals surface area contributed by atoms with Crippen molar-refractivity contribution in [2.75, 3.05) is 13.6 Å². The molecule has 0 spiro atoms. The van der Waals surface area contributed by atoms with Crippen LogP contribution in [0.3, 0.4) is 0 Å². The number of hydrogen-bond donors (Lipinski definition) is 2. The molecule has 0 aliphatic heterocycles. The largest absolute Gasteiger partial charge is 0.481 e. The zero-order chi connectivity index (χ0) is 10.6. The van der Waals surface area contributed by atoms with Crippen LogP contribution in [0.1, 0.15) is 23.5 Å². The number of rotatable bonds is 5. The lowest BCUT2D eigenvalue weighted by atomic mass is 10.2. The Labute approximate surface area is 87.0 Å². The standard InChI is InChI=1S/C9H14N2O2S/c1-6(4-10-2)9-11-7(5-14-9)3-8(12)13/h5-6,10H,3-4H2,1-2H3,(H,12,13). The van der Waals surface area contributed by atoms with E-state index >= 15 is 0 Å². The topological polar surface area (TPSA) is 62.2 Å². The van der Waals surface area contributed by atoms with Gasteiger partial charge < -0.3 is 10.4 Å². The molecule has 0 aliphatic rings. The molecular weight excluding hydrogens is 200 g/mol. The molecular formula is C9H14N2O2S. The fraction of sp³-hybridized carbons (Fsp3) is 0.556. The molecule has 0 amide bonds. The number of carboxylic acids is 1. The molecule has 0 aliphatic carbocycles. The SMILES string of the molecule is CNCC(C)c1nc(CC(=O)O)cs1. The molecule has 0 fully saturated rings. The van der Waals surface area contributed by atoms with Crippen LogP contribution in [-0.4, -0.2) is 29.7 Å². The van der Waals surface area contributed by atoms with Crippen LogP contribution in [-0.2, 0) is 11.2 Å². The predicted octanol–water partition coefficient (Wildman–Crippen LogP) is 1.09. The Balaban J connectivity index is 2.62. The normalized spacial score (nSPS) is 12.7. The molecule has 1 unspecified atom stereocenters. The molecule has 0 radical (unpaired) electrons. The summed E-state index contributed by atoms with van der Waals surface area (Å²) in [5.41, 5.74) is 0.653. The van der Waals surface area contributed by atoms with Gasteiger partial charge in [0, 0.05) is 17.8 Å². The molecule has 4 nitrogen and oxygen atoms in total. The smallest absolute Gasteiger partial charge is 0.309 e. The molecule has 5 heteroatoms. The summed E-state index contributed by atoms with van der Waals surface area (Å²) in [5.74, 6) is -0.490. The summed E-state index contributed by atoms with van der Waals surface area (Å²) >= 11 is 1.53. The predicted molar refractivity (Wildman–Crippen MR) is 55.8 cm³/mol. The van der Waals surface area contributed by atoms with Gasteiger partial charge in [-0.2, -0.15) is 0 Å². The summed E-state index contributed by atoms with van der Waals surface area (Å²) in [6.07, 6.45) is 0.0166. The van der Waals surface area contributed by atoms with Crippen LogP contribution in [0.5, 0.6) is 0 Å². The minimum atomic E-state index is -0.830. The number of likely N-dealkylation sites (N-methyl/N-ethyl adjacent to an activating group) is 1. The van der Waals surface area contributed by atoms with Gasteiger partial charge in [0.15, 0.2) is 0 Å². The molecule has 1 aromatic rings. The van der Waals surface area contributed by atoms with E-state index in [2.05, 4.69) is 17.2 Å². The summed E-state index contributed by atoms with van der Waals surface area (Å²) < 4.78 is 0. The first kappa shape index (κ1) is 11.1. The Hall–Kier alpha value is -0.940. The van der Waals surface area contributed by atoms with E-state index in [4.69, 9.17) is 5.11 Å². The van der Waals surface area contributed by atoms with Crippen LogP contribution in [0, 0.1) is 0 Å². The Morgan fingerprint density at radius 1 is 1.79 bits per heavy atom. The van der Waals surface area contributed by atoms with Gasteiger partial charge in [-0.3, -0.25) is 4.79 Å². The van der Waals surface area contributed by atoms with Gasteiger partial charge in [-0.1, -0.05) is 6.92 Å². The molecule has 1 atom stereocenters. The van der Waals surface area contributed by atoms with E-state index in [9.17, 15) is 4.79 Å². The van der Waals surface area contributed by atoms with Gasteiger partial charge in [-0.05, 0) is 7.05 Å². The van der Waals surface area contributed by atoms with Crippen molar-refractivity contribution in [1.82, 2.24) is 10.3 Å². The van der Waals surface area contributed by atoms with Crippen LogP contribution in [0.4, 0.5) is 0 Å². The maximum atomic E-state index is 10.4. The highest BCUT2D eigenvalue weighted by molar-refractivity contribution is 7.09. The third kappa shape index (κ3) is 3.08. The van der Waals surface area contributed by atoms with Crippen molar-refractivity contribution in [3.63, 3.8) is 0 Å². The highest BCUT2D eigenvalue weighted by Crippen LogP contribution is 2.19. The lowest BCUT2D eigenvalue weighted by Crippen LogP contribution is -2.14. The van der Waals surface area contributed by atoms with Gasteiger partial charge in [0.1, 0.15) is 0 Å². The van der Waals surface area contributed by atoms with Crippen molar-refractivity contribution in [2.45, 2.75) is 19.3 Å². The van der Waals surface area contributed by atoms with Gasteiger partial charge in [0.05, 0.1) is 17.1 Å². The van der Waals surface area contributed by atoms with Crippen molar-refractivity contribution in [2.24, 2.45) is 0 Å². The molecule has 1 rings (SSSR count). The second-order valence-electron chi connectivity index (χ2n) is 3.21. The molecule has 0 saturated carbocycles. The van der Waals surface area contributed by atoms with Gasteiger partial charge in [-0.25, -0.2) is 4.98 Å². The first-order valence-electron chi connectivity index (χ1n) is 4.44. The van der Waals surface area contributed by atoms with E-state index in [1.54, 1.807) is 0 Å². The van der Waals surface area contributed by atoms with Crippen molar-refractivity contribution < 1.29 is 9.90 Å². The minimum absolute atomic E-state index is 0.0166. The van der Waals surface area contributed by atoms with E-state index in [0.717, 1.165) is 11.6 Å². The molecule has 1 aromatic heterocycles. The van der Waals surface area contributed by atoms with Crippen molar-refractivity contribution >= 4 is 17.3 Å². The van der Waals surface area contributed by atoms with Gasteiger partial charge in [-0.15, -0.1) is 11.3 Å². The number of nitrogens with zero attached hydrogens (tertiary/aromatic N) is 1. The van der Waals surface area contributed by atoms with Crippen LogP contribution in [0.25, 0.3) is 0 Å². The number of carbonyl (C=O) groups is 1. The van der Waals surface area contributed by atoms with Crippen LogP contribution in [0.15, 0.2) is 5.38 Å². The zero-order valence-electron chi connectivity index (χ0n) is 8.28. The summed E-state index contributed by atoms with van der Waals surface area (Å²) in [4.78, 5) is 14.7. The summed E-state index contributed by atoms with van der Waals surface area (Å²) in [6.45, 7) is 2.93. The molecule has 0 aromatic carbocycles. The average Bonchev–Trinajstić information content (AvgIpc) is 2.52. The maximum absolute atomic E-state index is 10.4. The maximum Gasteiger partial charge on any atom is 0.309 e. The molecule has 0 bridgehead atoms. The Bertz CT molecular complexity index is 312. The van der Waals surface area contributed by atoms with Crippen LogP contribution in [0.2, 0.25) is 0 Å². The number of carboxylic acid groups (broad SMARTS) is 1. The highest BCUT2D eigenvalue weighted by atomic mass is 32.1. The first-order valence-corrected chi connectivity index (χ1v) is 5.32. The molecule has 2 N–H and O–H groups in total. The summed E-state index contributed by atoms with van der Waals surface area (Å²) in [6, 6.07) is 0. The van der Waals surface area contributed by atoms with E-state index in [-0.39, 0.29) is 6.42 Å². The van der Waals surface area contributed by atoms with Gasteiger partial charge in [0.25, 0.3) is 0 Å². The van der Waals surface area contributed by atoms with Gasteiger partial charge >= 0.3 is 5.97 Å². The lowest BCUT2D eigenvalue weighted by Gasteiger charge is -2.05. The number of thiazole rings is 1. The number of aromatic nitrogens is 1. The van der Waals surface area contributed by atoms with Crippen molar-refractivity contribution in [3.05, 3.63) is 16.1 Å². The van der Waals surface area contributed by atoms with Gasteiger partial charge in [0.2, 0.25) is 0 Å². The average molecular weight is 214 g/mol. The van der Waals surface area contributed by atoms with E-state index < -0.39 is 5.97 Å². The summed E-state index contributed by atoms with van der Waals surface area (Å²) in [5, 5.41) is 14.4. The van der Waals surface area contributed by atoms with Crippen LogP contribution < -0.4 is 5.32 Å². The fourth-order valence-electron chi connectivity index (χ4n) is 1.18. The van der Waals surface area contributed by atoms with E-state index in [1.165, 1.54) is 11.3 Å². The lowest BCUT2D eigenvalue weighted by molar-refractivity contribution is -0.136. The van der Waals surface area contributed by atoms with Crippen molar-refractivity contribution in [1.29, 1.82) is 0 Å². The fourth-order valence-corrected chi connectivity index (χ4v) is 2.06. The van der Waals surface area contributed by atoms with Crippen LogP contribution >= 0.6 is 11.3 Å². The first-order chi connectivity index (χ1) is 6.63. The minimum Gasteiger partial charge on any atom is -0.481 e. The Morgan fingerprint density at radius 2 is 2.50 bits per heavy atom. The van der Waals surface area contributed by atoms with E-state index in [1.807, 2.05) is 12.4 Å². The number of nitrogens with one attached hydrogen (secondary N) is 1. The Kier molecular flexibility index (Phi) is 4.03. The van der Waals surface area contributed by atoms with Crippen molar-refractivity contribution in [3.8, 4) is 0 Å². The third-order valence-electron chi connectivity index (χ3n) is 1.83. The molecule has 78 valence electrons. The quantitative estimate of drug-likeness (QED) is 0.770. The van der Waals surface area contributed by atoms with E-state index in [0.29, 0.717) is 11.6 Å². The zero-order valence-corrected chi connectivity index (χ0v) is 9.10.